The van der Waals surface area contributed by atoms with Gasteiger partial charge in [0.2, 0.25) is 0 Å². The minimum Gasteiger partial charge on any atom is -0.390 e. The van der Waals surface area contributed by atoms with Crippen LogP contribution in [0.4, 0.5) is 0 Å². The van der Waals surface area contributed by atoms with Crippen molar-refractivity contribution < 1.29 is 21.9 Å². The summed E-state index contributed by atoms with van der Waals surface area (Å²) in [5.74, 6) is 0.618. The zero-order chi connectivity index (χ0) is 14.8. The van der Waals surface area contributed by atoms with Crippen LogP contribution in [0, 0.1) is 0 Å². The van der Waals surface area contributed by atoms with E-state index in [0.29, 0.717) is 39.3 Å². The predicted molar refractivity (Wildman–Crippen MR) is 76.2 cm³/mol. The second-order valence-electron chi connectivity index (χ2n) is 5.56. The average molecular weight is 326 g/mol. The molecule has 0 atom stereocenters. The van der Waals surface area contributed by atoms with Crippen LogP contribution in [0.5, 0.6) is 0 Å². The van der Waals surface area contributed by atoms with Gasteiger partial charge in [0.25, 0.3) is 0 Å². The van der Waals surface area contributed by atoms with Gasteiger partial charge in [-0.25, -0.2) is 16.8 Å². The molecule has 2 fully saturated rings. The number of hydrogen-bond donors (Lipinski definition) is 1. The molecule has 118 valence electrons. The van der Waals surface area contributed by atoms with E-state index < -0.39 is 25.8 Å². The van der Waals surface area contributed by atoms with Crippen LogP contribution in [0.2, 0.25) is 0 Å². The van der Waals surface area contributed by atoms with E-state index in [2.05, 4.69) is 0 Å². The van der Waals surface area contributed by atoms with E-state index in [1.807, 2.05) is 9.80 Å². The average Bonchev–Trinajstić information content (AvgIpc) is 2.35. The molecule has 0 radical (unpaired) electrons. The molecule has 2 aliphatic rings. The van der Waals surface area contributed by atoms with E-state index in [1.54, 1.807) is 0 Å². The van der Waals surface area contributed by atoms with Gasteiger partial charge in [0.15, 0.2) is 19.7 Å². The van der Waals surface area contributed by atoms with Crippen molar-refractivity contribution in [1.29, 1.82) is 0 Å². The lowest BCUT2D eigenvalue weighted by Crippen LogP contribution is -2.48. The van der Waals surface area contributed by atoms with Gasteiger partial charge in [-0.05, 0) is 0 Å². The van der Waals surface area contributed by atoms with Crippen molar-refractivity contribution in [1.82, 2.24) is 9.80 Å². The Labute approximate surface area is 120 Å². The van der Waals surface area contributed by atoms with Crippen molar-refractivity contribution >= 4 is 19.7 Å². The van der Waals surface area contributed by atoms with E-state index in [4.69, 9.17) is 0 Å². The fourth-order valence-corrected chi connectivity index (χ4v) is 5.07. The molecule has 0 aromatic rings. The highest BCUT2D eigenvalue weighted by atomic mass is 32.2. The maximum atomic E-state index is 11.3. The Morgan fingerprint density at radius 3 is 1.35 bits per heavy atom. The van der Waals surface area contributed by atoms with Gasteiger partial charge in [-0.3, -0.25) is 9.80 Å². The van der Waals surface area contributed by atoms with Crippen LogP contribution in [0.25, 0.3) is 0 Å². The van der Waals surface area contributed by atoms with Crippen LogP contribution in [-0.4, -0.2) is 100 Å². The van der Waals surface area contributed by atoms with Crippen LogP contribution in [0.1, 0.15) is 0 Å². The van der Waals surface area contributed by atoms with Gasteiger partial charge in [0.1, 0.15) is 0 Å². The normalized spacial score (nSPS) is 27.7. The first-order chi connectivity index (χ1) is 9.26. The summed E-state index contributed by atoms with van der Waals surface area (Å²) in [6.07, 6.45) is -0.573. The minimum atomic E-state index is -2.89. The zero-order valence-electron chi connectivity index (χ0n) is 11.4. The summed E-state index contributed by atoms with van der Waals surface area (Å²) in [4.78, 5) is 3.90. The van der Waals surface area contributed by atoms with Crippen LogP contribution >= 0.6 is 0 Å². The molecule has 20 heavy (non-hydrogen) atoms. The Morgan fingerprint density at radius 2 is 1.05 bits per heavy atom. The Bertz CT molecular complexity index is 455. The Hall–Kier alpha value is -0.220. The van der Waals surface area contributed by atoms with E-state index in [0.717, 1.165) is 0 Å². The molecule has 0 spiro atoms. The van der Waals surface area contributed by atoms with Gasteiger partial charge in [0.05, 0.1) is 29.1 Å². The molecule has 0 unspecified atom stereocenters. The molecule has 0 aromatic heterocycles. The molecule has 0 aromatic carbocycles. The van der Waals surface area contributed by atoms with Crippen molar-refractivity contribution in [3.8, 4) is 0 Å². The number of aliphatic hydroxyl groups is 1. The van der Waals surface area contributed by atoms with Gasteiger partial charge in [-0.1, -0.05) is 0 Å². The minimum absolute atomic E-state index is 0.154. The fraction of sp³-hybridized carbons (Fsp3) is 1.00. The molecule has 2 aliphatic heterocycles. The summed E-state index contributed by atoms with van der Waals surface area (Å²) in [6, 6.07) is 0. The van der Waals surface area contributed by atoms with Crippen LogP contribution < -0.4 is 0 Å². The highest BCUT2D eigenvalue weighted by molar-refractivity contribution is 7.91. The fourth-order valence-electron chi connectivity index (χ4n) is 2.52. The summed E-state index contributed by atoms with van der Waals surface area (Å²) in [5, 5.41) is 10.0. The topological polar surface area (TPSA) is 95.0 Å². The Morgan fingerprint density at radius 1 is 0.750 bits per heavy atom. The molecular weight excluding hydrogens is 304 g/mol. The molecule has 0 saturated carbocycles. The SMILES string of the molecule is O=S1(=O)CCN(CC(O)CN2CCS(=O)(=O)CC2)CC1. The monoisotopic (exact) mass is 326 g/mol. The third-order valence-electron chi connectivity index (χ3n) is 3.81. The third kappa shape index (κ3) is 4.96. The highest BCUT2D eigenvalue weighted by Crippen LogP contribution is 2.07. The van der Waals surface area contributed by atoms with E-state index in [-0.39, 0.29) is 23.0 Å². The summed E-state index contributed by atoms with van der Waals surface area (Å²) in [6.45, 7) is 2.75. The zero-order valence-corrected chi connectivity index (χ0v) is 13.1. The Balaban J connectivity index is 1.72. The van der Waals surface area contributed by atoms with Gasteiger partial charge in [0, 0.05) is 39.3 Å². The lowest BCUT2D eigenvalue weighted by molar-refractivity contribution is 0.0793. The second kappa shape index (κ2) is 6.27. The van der Waals surface area contributed by atoms with Gasteiger partial charge >= 0.3 is 0 Å². The first-order valence-electron chi connectivity index (χ1n) is 6.79. The van der Waals surface area contributed by atoms with Crippen molar-refractivity contribution in [3.63, 3.8) is 0 Å². The number of rotatable bonds is 4. The molecule has 0 bridgehead atoms. The number of hydrogen-bond acceptors (Lipinski definition) is 7. The van der Waals surface area contributed by atoms with Crippen LogP contribution in [0.3, 0.4) is 0 Å². The molecule has 2 heterocycles. The first kappa shape index (κ1) is 16.2. The molecule has 0 amide bonds. The van der Waals surface area contributed by atoms with E-state index >= 15 is 0 Å². The Kier molecular flexibility index (Phi) is 5.06. The maximum absolute atomic E-state index is 11.3. The smallest absolute Gasteiger partial charge is 0.152 e. The van der Waals surface area contributed by atoms with Crippen LogP contribution in [0.15, 0.2) is 0 Å². The standard InChI is InChI=1S/C11H22N2O5S2/c14-11(9-12-1-5-19(15,16)6-2-12)10-13-3-7-20(17,18)8-4-13/h11,14H,1-10H2. The predicted octanol–water partition coefficient (Wildman–Crippen LogP) is -2.19. The number of β-amino-alcohol motifs (C(OH)–C–C–N with tert-alkyl or cyclic N) is 1. The summed E-state index contributed by atoms with van der Waals surface area (Å²) in [5.41, 5.74) is 0. The van der Waals surface area contributed by atoms with Crippen molar-refractivity contribution in [2.24, 2.45) is 0 Å². The van der Waals surface area contributed by atoms with Gasteiger partial charge < -0.3 is 5.11 Å². The van der Waals surface area contributed by atoms with E-state index in [1.165, 1.54) is 0 Å². The maximum Gasteiger partial charge on any atom is 0.152 e. The molecule has 2 saturated heterocycles. The lowest BCUT2D eigenvalue weighted by atomic mass is 10.3. The number of sulfone groups is 2. The first-order valence-corrected chi connectivity index (χ1v) is 10.4. The number of nitrogens with zero attached hydrogens (tertiary/aromatic N) is 2. The third-order valence-corrected chi connectivity index (χ3v) is 7.03. The van der Waals surface area contributed by atoms with Crippen molar-refractivity contribution in [3.05, 3.63) is 0 Å². The molecule has 0 aliphatic carbocycles. The second-order valence-corrected chi connectivity index (χ2v) is 10.2. The lowest BCUT2D eigenvalue weighted by Gasteiger charge is -2.32. The van der Waals surface area contributed by atoms with Gasteiger partial charge in [-0.15, -0.1) is 0 Å². The highest BCUT2D eigenvalue weighted by Gasteiger charge is 2.26. The van der Waals surface area contributed by atoms with Gasteiger partial charge in [-0.2, -0.15) is 0 Å². The van der Waals surface area contributed by atoms with Crippen molar-refractivity contribution in [2.45, 2.75) is 6.10 Å². The molecular formula is C11H22N2O5S2. The van der Waals surface area contributed by atoms with Crippen LogP contribution in [-0.2, 0) is 19.7 Å². The molecule has 9 heteroatoms. The summed E-state index contributed by atoms with van der Waals surface area (Å²) >= 11 is 0. The molecule has 2 rings (SSSR count). The largest absolute Gasteiger partial charge is 0.390 e. The van der Waals surface area contributed by atoms with Crippen molar-refractivity contribution in [2.75, 3.05) is 62.3 Å². The molecule has 7 nitrogen and oxygen atoms in total. The molecule has 1 N–H and O–H groups in total. The quantitative estimate of drug-likeness (QED) is 0.627. The van der Waals surface area contributed by atoms with E-state index in [9.17, 15) is 21.9 Å². The number of aliphatic hydroxyl groups excluding tert-OH is 1. The summed E-state index contributed by atoms with van der Waals surface area (Å²) < 4.78 is 45.2. The summed E-state index contributed by atoms with van der Waals surface area (Å²) in [7, 11) is -5.78.